The van der Waals surface area contributed by atoms with E-state index >= 15 is 0 Å². The number of carboxylic acid groups (broad SMARTS) is 1. The number of hydrogen-bond acceptors (Lipinski definition) is 6. The van der Waals surface area contributed by atoms with Crippen LogP contribution in [0.1, 0.15) is 43.4 Å². The van der Waals surface area contributed by atoms with Crippen LogP contribution in [0, 0.1) is 17.7 Å². The minimum absolute atomic E-state index is 0.0687. The third kappa shape index (κ3) is 5.79. The predicted octanol–water partition coefficient (Wildman–Crippen LogP) is 2.29. The highest BCUT2D eigenvalue weighted by atomic mass is 19.1. The van der Waals surface area contributed by atoms with Crippen molar-refractivity contribution in [3.8, 4) is 5.69 Å². The molecule has 1 N–H and O–H groups in total. The average molecular weight is 531 g/mol. The Bertz CT molecular complexity index is 1160. The van der Waals surface area contributed by atoms with Crippen molar-refractivity contribution in [1.82, 2.24) is 29.7 Å². The van der Waals surface area contributed by atoms with Gasteiger partial charge in [-0.25, -0.2) is 13.9 Å². The summed E-state index contributed by atoms with van der Waals surface area (Å²) in [5.74, 6) is -1.53. The summed E-state index contributed by atoms with van der Waals surface area (Å²) in [6.45, 7) is 8.08. The van der Waals surface area contributed by atoms with Crippen LogP contribution in [0.25, 0.3) is 5.69 Å². The first-order valence-corrected chi connectivity index (χ1v) is 13.1. The van der Waals surface area contributed by atoms with E-state index in [4.69, 9.17) is 4.74 Å². The number of nitrogens with zero attached hydrogens (tertiary/aromatic N) is 6. The van der Waals surface area contributed by atoms with Gasteiger partial charge in [-0.1, -0.05) is 38.1 Å². The number of carbonyl (C=O) groups excluding carboxylic acids is 2. The SMILES string of the molecule is CCc1c(C(=O)N(CC(C)C)[C@H]2C[C@@H](C(=O)N3CCOCC3)CN(C(=O)O)C2)nnn1-c1ccccc1F. The maximum atomic E-state index is 14.5. The van der Waals surface area contributed by atoms with E-state index in [0.29, 0.717) is 51.4 Å². The van der Waals surface area contributed by atoms with E-state index in [2.05, 4.69) is 10.3 Å². The lowest BCUT2D eigenvalue weighted by atomic mass is 9.91. The van der Waals surface area contributed by atoms with E-state index in [-0.39, 0.29) is 36.3 Å². The van der Waals surface area contributed by atoms with Crippen LogP contribution in [-0.2, 0) is 16.0 Å². The molecule has 38 heavy (non-hydrogen) atoms. The Kier molecular flexibility index (Phi) is 8.60. The molecule has 0 radical (unpaired) electrons. The first-order chi connectivity index (χ1) is 18.2. The van der Waals surface area contributed by atoms with Crippen molar-refractivity contribution in [2.75, 3.05) is 45.9 Å². The lowest BCUT2D eigenvalue weighted by molar-refractivity contribution is -0.142. The number of ether oxygens (including phenoxy) is 1. The van der Waals surface area contributed by atoms with Gasteiger partial charge in [0.15, 0.2) is 5.69 Å². The highest BCUT2D eigenvalue weighted by Gasteiger charge is 2.41. The molecule has 3 amide bonds. The fourth-order valence-corrected chi connectivity index (χ4v) is 5.20. The van der Waals surface area contributed by atoms with Crippen LogP contribution in [-0.4, -0.2) is 105 Å². The zero-order valence-electron chi connectivity index (χ0n) is 22.0. The quantitative estimate of drug-likeness (QED) is 0.583. The Morgan fingerprint density at radius 3 is 2.50 bits per heavy atom. The molecule has 0 saturated carbocycles. The fraction of sp³-hybridized carbons (Fsp3) is 0.577. The molecule has 2 fully saturated rings. The molecule has 12 heteroatoms. The molecule has 2 atom stereocenters. The van der Waals surface area contributed by atoms with Crippen LogP contribution >= 0.6 is 0 Å². The van der Waals surface area contributed by atoms with Crippen LogP contribution in [0.3, 0.4) is 0 Å². The Labute approximate surface area is 221 Å². The van der Waals surface area contributed by atoms with Crippen LogP contribution in [0.5, 0.6) is 0 Å². The first-order valence-electron chi connectivity index (χ1n) is 13.1. The van der Waals surface area contributed by atoms with Crippen molar-refractivity contribution in [3.63, 3.8) is 0 Å². The Balaban J connectivity index is 1.66. The van der Waals surface area contributed by atoms with Crippen LogP contribution in [0.15, 0.2) is 24.3 Å². The molecule has 1 aromatic heterocycles. The zero-order valence-corrected chi connectivity index (χ0v) is 22.0. The molecule has 3 heterocycles. The number of benzene rings is 1. The number of hydrogen-bond donors (Lipinski definition) is 1. The molecular weight excluding hydrogens is 495 g/mol. The highest BCUT2D eigenvalue weighted by Crippen LogP contribution is 2.27. The molecule has 0 aliphatic carbocycles. The van der Waals surface area contributed by atoms with Crippen molar-refractivity contribution < 1.29 is 28.6 Å². The number of aromatic nitrogens is 3. The summed E-state index contributed by atoms with van der Waals surface area (Å²) in [6, 6.07) is 5.60. The zero-order chi connectivity index (χ0) is 27.4. The molecule has 2 aromatic rings. The molecule has 4 rings (SSSR count). The fourth-order valence-electron chi connectivity index (χ4n) is 5.20. The topological polar surface area (TPSA) is 121 Å². The summed E-state index contributed by atoms with van der Waals surface area (Å²) in [6.07, 6.45) is -0.422. The second kappa shape index (κ2) is 11.9. The number of halogens is 1. The molecule has 0 spiro atoms. The van der Waals surface area contributed by atoms with Crippen molar-refractivity contribution >= 4 is 17.9 Å². The Hall–Kier alpha value is -3.54. The third-order valence-corrected chi connectivity index (χ3v) is 7.02. The van der Waals surface area contributed by atoms with E-state index in [1.165, 1.54) is 15.6 Å². The number of amides is 3. The van der Waals surface area contributed by atoms with Gasteiger partial charge in [-0.15, -0.1) is 5.10 Å². The van der Waals surface area contributed by atoms with Crippen molar-refractivity contribution in [3.05, 3.63) is 41.5 Å². The summed E-state index contributed by atoms with van der Waals surface area (Å²) >= 11 is 0. The van der Waals surface area contributed by atoms with Gasteiger partial charge in [-0.05, 0) is 30.9 Å². The minimum Gasteiger partial charge on any atom is -0.465 e. The second-order valence-electron chi connectivity index (χ2n) is 10.2. The molecule has 0 bridgehead atoms. The van der Waals surface area contributed by atoms with E-state index in [1.54, 1.807) is 28.0 Å². The largest absolute Gasteiger partial charge is 0.465 e. The second-order valence-corrected chi connectivity index (χ2v) is 10.2. The molecule has 2 saturated heterocycles. The molecule has 2 aliphatic heterocycles. The van der Waals surface area contributed by atoms with Gasteiger partial charge in [-0.3, -0.25) is 9.59 Å². The molecule has 1 aromatic carbocycles. The highest BCUT2D eigenvalue weighted by molar-refractivity contribution is 5.94. The van der Waals surface area contributed by atoms with Gasteiger partial charge in [0.1, 0.15) is 11.5 Å². The molecule has 0 unspecified atom stereocenters. The minimum atomic E-state index is -1.13. The van der Waals surface area contributed by atoms with Crippen molar-refractivity contribution in [2.24, 2.45) is 11.8 Å². The van der Waals surface area contributed by atoms with Crippen LogP contribution < -0.4 is 0 Å². The predicted molar refractivity (Wildman–Crippen MR) is 135 cm³/mol. The maximum absolute atomic E-state index is 14.5. The number of carbonyl (C=O) groups is 3. The van der Waals surface area contributed by atoms with Gasteiger partial charge in [0.2, 0.25) is 5.91 Å². The molecule has 206 valence electrons. The van der Waals surface area contributed by atoms with Gasteiger partial charge < -0.3 is 24.5 Å². The number of likely N-dealkylation sites (tertiary alicyclic amines) is 1. The van der Waals surface area contributed by atoms with Gasteiger partial charge in [0.05, 0.1) is 30.9 Å². The van der Waals surface area contributed by atoms with E-state index < -0.39 is 29.8 Å². The third-order valence-electron chi connectivity index (χ3n) is 7.02. The number of piperidine rings is 1. The van der Waals surface area contributed by atoms with Gasteiger partial charge >= 0.3 is 6.09 Å². The normalized spacial score (nSPS) is 20.0. The monoisotopic (exact) mass is 530 g/mol. The number of morpholine rings is 1. The number of rotatable bonds is 7. The summed E-state index contributed by atoms with van der Waals surface area (Å²) < 4.78 is 21.2. The van der Waals surface area contributed by atoms with Gasteiger partial charge in [0, 0.05) is 32.7 Å². The van der Waals surface area contributed by atoms with E-state index in [0.717, 1.165) is 0 Å². The Morgan fingerprint density at radius 1 is 1.16 bits per heavy atom. The maximum Gasteiger partial charge on any atom is 0.407 e. The lowest BCUT2D eigenvalue weighted by Crippen LogP contribution is -2.58. The lowest BCUT2D eigenvalue weighted by Gasteiger charge is -2.43. The van der Waals surface area contributed by atoms with Crippen molar-refractivity contribution in [1.29, 1.82) is 0 Å². The first kappa shape index (κ1) is 27.5. The summed E-state index contributed by atoms with van der Waals surface area (Å²) in [4.78, 5) is 43.9. The summed E-state index contributed by atoms with van der Waals surface area (Å²) in [5.41, 5.74) is 0.748. The smallest absolute Gasteiger partial charge is 0.407 e. The van der Waals surface area contributed by atoms with Crippen molar-refractivity contribution in [2.45, 2.75) is 39.7 Å². The summed E-state index contributed by atoms with van der Waals surface area (Å²) in [7, 11) is 0. The Morgan fingerprint density at radius 2 is 1.87 bits per heavy atom. The van der Waals surface area contributed by atoms with Gasteiger partial charge in [-0.2, -0.15) is 0 Å². The molecular formula is C26H35FN6O5. The van der Waals surface area contributed by atoms with Crippen LogP contribution in [0.4, 0.5) is 9.18 Å². The molecule has 11 nitrogen and oxygen atoms in total. The van der Waals surface area contributed by atoms with Gasteiger partial charge in [0.25, 0.3) is 5.91 Å². The van der Waals surface area contributed by atoms with E-state index in [9.17, 15) is 23.9 Å². The number of para-hydroxylation sites is 1. The average Bonchev–Trinajstić information content (AvgIpc) is 3.35. The van der Waals surface area contributed by atoms with E-state index in [1.807, 2.05) is 20.8 Å². The molecule has 2 aliphatic rings. The van der Waals surface area contributed by atoms with Crippen LogP contribution in [0.2, 0.25) is 0 Å². The summed E-state index contributed by atoms with van der Waals surface area (Å²) in [5, 5.41) is 18.1. The standard InChI is InChI=1S/C26H35FN6O5/c1-4-21-23(28-29-33(21)22-8-6-5-7-20(22)27)25(35)32(14-17(2)3)19-13-18(15-31(16-19)26(36)37)24(34)30-9-11-38-12-10-30/h5-8,17-19H,4,9-16H2,1-3H3,(H,36,37)/t18-,19+/m1/s1.